The Kier molecular flexibility index (Phi) is 4.60. The van der Waals surface area contributed by atoms with E-state index in [-0.39, 0.29) is 5.41 Å². The lowest BCUT2D eigenvalue weighted by Crippen LogP contribution is -2.27. The highest BCUT2D eigenvalue weighted by Crippen LogP contribution is 2.30. The molecular formula is C13H24N2. The fourth-order valence-corrected chi connectivity index (χ4v) is 2.27. The Morgan fingerprint density at radius 1 is 1.40 bits per heavy atom. The highest BCUT2D eigenvalue weighted by Gasteiger charge is 2.23. The van der Waals surface area contributed by atoms with Crippen molar-refractivity contribution in [2.75, 3.05) is 13.1 Å². The fraction of sp³-hybridized carbons (Fsp3) is 0.923. The summed E-state index contributed by atoms with van der Waals surface area (Å²) in [6, 6.07) is 2.34. The zero-order chi connectivity index (χ0) is 11.3. The van der Waals surface area contributed by atoms with Gasteiger partial charge in [-0.15, -0.1) is 0 Å². The van der Waals surface area contributed by atoms with Crippen LogP contribution in [0.5, 0.6) is 0 Å². The first-order valence-electron chi connectivity index (χ1n) is 6.17. The van der Waals surface area contributed by atoms with E-state index in [1.165, 1.54) is 19.3 Å². The largest absolute Gasteiger partial charge is 0.316 e. The van der Waals surface area contributed by atoms with Gasteiger partial charge in [0.05, 0.1) is 11.5 Å². The van der Waals surface area contributed by atoms with Crippen LogP contribution in [0.25, 0.3) is 0 Å². The molecule has 0 spiro atoms. The number of nitriles is 1. The molecule has 2 heteroatoms. The molecule has 0 amide bonds. The number of nitrogens with zero attached hydrogens (tertiary/aromatic N) is 1. The van der Waals surface area contributed by atoms with Gasteiger partial charge in [-0.2, -0.15) is 5.26 Å². The van der Waals surface area contributed by atoms with Gasteiger partial charge in [-0.05, 0) is 51.6 Å². The smallest absolute Gasteiger partial charge is 0.0684 e. The summed E-state index contributed by atoms with van der Waals surface area (Å²) in [6.07, 6.45) is 5.13. The molecule has 15 heavy (non-hydrogen) atoms. The van der Waals surface area contributed by atoms with E-state index in [0.29, 0.717) is 0 Å². The molecule has 0 aromatic rings. The van der Waals surface area contributed by atoms with Gasteiger partial charge in [-0.3, -0.25) is 0 Å². The van der Waals surface area contributed by atoms with Crippen molar-refractivity contribution >= 4 is 0 Å². The average Bonchev–Trinajstić information content (AvgIpc) is 2.59. The molecule has 0 saturated heterocycles. The second kappa shape index (κ2) is 5.51. The standard InChI is InChI=1S/C13H24N2/c1-11-5-4-6-12(11)9-15-8-7-13(2,3)10-14/h11-12,15H,4-9H2,1-3H3. The van der Waals surface area contributed by atoms with Gasteiger partial charge in [0.2, 0.25) is 0 Å². The molecule has 0 heterocycles. The van der Waals surface area contributed by atoms with Crippen LogP contribution in [0.1, 0.15) is 46.5 Å². The van der Waals surface area contributed by atoms with Crippen molar-refractivity contribution in [2.24, 2.45) is 17.3 Å². The van der Waals surface area contributed by atoms with Crippen molar-refractivity contribution in [1.82, 2.24) is 5.32 Å². The van der Waals surface area contributed by atoms with Crippen LogP contribution in [0.3, 0.4) is 0 Å². The summed E-state index contributed by atoms with van der Waals surface area (Å²) in [5.41, 5.74) is -0.172. The second-order valence-corrected chi connectivity index (χ2v) is 5.62. The first-order valence-corrected chi connectivity index (χ1v) is 6.17. The van der Waals surface area contributed by atoms with Crippen LogP contribution in [0, 0.1) is 28.6 Å². The molecule has 0 aromatic carbocycles. The maximum atomic E-state index is 8.87. The van der Waals surface area contributed by atoms with Gasteiger partial charge < -0.3 is 5.32 Å². The molecule has 1 aliphatic carbocycles. The molecule has 0 aliphatic heterocycles. The minimum Gasteiger partial charge on any atom is -0.316 e. The third-order valence-corrected chi connectivity index (χ3v) is 3.68. The number of rotatable bonds is 5. The Morgan fingerprint density at radius 2 is 2.13 bits per heavy atom. The van der Waals surface area contributed by atoms with Gasteiger partial charge in [-0.25, -0.2) is 0 Å². The van der Waals surface area contributed by atoms with E-state index in [2.05, 4.69) is 18.3 Å². The normalized spacial score (nSPS) is 26.5. The lowest BCUT2D eigenvalue weighted by atomic mass is 9.91. The van der Waals surface area contributed by atoms with E-state index >= 15 is 0 Å². The van der Waals surface area contributed by atoms with E-state index in [1.807, 2.05) is 13.8 Å². The Morgan fingerprint density at radius 3 is 2.67 bits per heavy atom. The lowest BCUT2D eigenvalue weighted by molar-refractivity contribution is 0.370. The summed E-state index contributed by atoms with van der Waals surface area (Å²) in [5, 5.41) is 12.4. The number of hydrogen-bond donors (Lipinski definition) is 1. The Hall–Kier alpha value is -0.550. The number of hydrogen-bond acceptors (Lipinski definition) is 2. The molecular weight excluding hydrogens is 184 g/mol. The fourth-order valence-electron chi connectivity index (χ4n) is 2.27. The summed E-state index contributed by atoms with van der Waals surface area (Å²) in [7, 11) is 0. The van der Waals surface area contributed by atoms with Crippen molar-refractivity contribution in [1.29, 1.82) is 5.26 Å². The monoisotopic (exact) mass is 208 g/mol. The highest BCUT2D eigenvalue weighted by atomic mass is 14.9. The highest BCUT2D eigenvalue weighted by molar-refractivity contribution is 4.91. The minimum absolute atomic E-state index is 0.172. The van der Waals surface area contributed by atoms with Crippen LogP contribution in [-0.4, -0.2) is 13.1 Å². The lowest BCUT2D eigenvalue weighted by Gasteiger charge is -2.18. The SMILES string of the molecule is CC1CCCC1CNCCC(C)(C)C#N. The minimum atomic E-state index is -0.172. The van der Waals surface area contributed by atoms with Crippen LogP contribution in [0.2, 0.25) is 0 Å². The average molecular weight is 208 g/mol. The maximum Gasteiger partial charge on any atom is 0.0684 e. The molecule has 0 aromatic heterocycles. The molecule has 0 bridgehead atoms. The molecule has 2 atom stereocenters. The first-order chi connectivity index (χ1) is 7.05. The quantitative estimate of drug-likeness (QED) is 0.705. The predicted octanol–water partition coefficient (Wildman–Crippen LogP) is 2.95. The molecule has 2 unspecified atom stereocenters. The third-order valence-electron chi connectivity index (χ3n) is 3.68. The van der Waals surface area contributed by atoms with Crippen LogP contribution >= 0.6 is 0 Å². The molecule has 1 saturated carbocycles. The summed E-state index contributed by atoms with van der Waals surface area (Å²) in [6.45, 7) is 8.49. The van der Waals surface area contributed by atoms with E-state index < -0.39 is 0 Å². The maximum absolute atomic E-state index is 8.87. The van der Waals surface area contributed by atoms with Gasteiger partial charge in [0.1, 0.15) is 0 Å². The Balaban J connectivity index is 2.09. The molecule has 0 radical (unpaired) electrons. The van der Waals surface area contributed by atoms with Gasteiger partial charge in [-0.1, -0.05) is 19.8 Å². The summed E-state index contributed by atoms with van der Waals surface area (Å²) in [4.78, 5) is 0. The van der Waals surface area contributed by atoms with Crippen LogP contribution in [-0.2, 0) is 0 Å². The van der Waals surface area contributed by atoms with Crippen LogP contribution in [0.15, 0.2) is 0 Å². The molecule has 86 valence electrons. The van der Waals surface area contributed by atoms with Crippen LogP contribution in [0.4, 0.5) is 0 Å². The Labute approximate surface area is 94.1 Å². The van der Waals surface area contributed by atoms with Gasteiger partial charge >= 0.3 is 0 Å². The van der Waals surface area contributed by atoms with Crippen molar-refractivity contribution < 1.29 is 0 Å². The van der Waals surface area contributed by atoms with E-state index in [0.717, 1.165) is 31.3 Å². The van der Waals surface area contributed by atoms with Crippen molar-refractivity contribution in [3.63, 3.8) is 0 Å². The van der Waals surface area contributed by atoms with Crippen LogP contribution < -0.4 is 5.32 Å². The molecule has 1 N–H and O–H groups in total. The molecule has 2 nitrogen and oxygen atoms in total. The number of nitrogens with one attached hydrogen (secondary N) is 1. The zero-order valence-electron chi connectivity index (χ0n) is 10.3. The zero-order valence-corrected chi connectivity index (χ0v) is 10.3. The van der Waals surface area contributed by atoms with Crippen molar-refractivity contribution in [2.45, 2.75) is 46.5 Å². The van der Waals surface area contributed by atoms with Gasteiger partial charge in [0, 0.05) is 0 Å². The predicted molar refractivity (Wildman–Crippen MR) is 63.4 cm³/mol. The first kappa shape index (κ1) is 12.5. The van der Waals surface area contributed by atoms with Crippen molar-refractivity contribution in [3.05, 3.63) is 0 Å². The second-order valence-electron chi connectivity index (χ2n) is 5.62. The molecule has 1 rings (SSSR count). The third kappa shape index (κ3) is 4.22. The van der Waals surface area contributed by atoms with E-state index in [1.54, 1.807) is 0 Å². The van der Waals surface area contributed by atoms with Gasteiger partial charge in [0.25, 0.3) is 0 Å². The topological polar surface area (TPSA) is 35.8 Å². The molecule has 1 fully saturated rings. The molecule has 1 aliphatic rings. The summed E-state index contributed by atoms with van der Waals surface area (Å²) >= 11 is 0. The summed E-state index contributed by atoms with van der Waals surface area (Å²) < 4.78 is 0. The van der Waals surface area contributed by atoms with E-state index in [9.17, 15) is 0 Å². The van der Waals surface area contributed by atoms with Gasteiger partial charge in [0.15, 0.2) is 0 Å². The Bertz CT molecular complexity index is 227. The van der Waals surface area contributed by atoms with Crippen molar-refractivity contribution in [3.8, 4) is 6.07 Å². The van der Waals surface area contributed by atoms with E-state index in [4.69, 9.17) is 5.26 Å². The summed E-state index contributed by atoms with van der Waals surface area (Å²) in [5.74, 6) is 1.76.